The van der Waals surface area contributed by atoms with E-state index in [1.165, 1.54) is 17.5 Å². The topological polar surface area (TPSA) is 20.2 Å². The molecule has 1 saturated carbocycles. The van der Waals surface area contributed by atoms with Gasteiger partial charge in [-0.25, -0.2) is 0 Å². The molecule has 1 heteroatoms. The number of rotatable bonds is 3. The van der Waals surface area contributed by atoms with E-state index >= 15 is 0 Å². The van der Waals surface area contributed by atoms with Gasteiger partial charge in [-0.1, -0.05) is 52.0 Å². The van der Waals surface area contributed by atoms with Crippen molar-refractivity contribution in [1.29, 1.82) is 0 Å². The van der Waals surface area contributed by atoms with Crippen molar-refractivity contribution in [2.75, 3.05) is 0 Å². The van der Waals surface area contributed by atoms with E-state index in [4.69, 9.17) is 0 Å². The first-order chi connectivity index (χ1) is 8.88. The number of aliphatic hydroxyl groups is 1. The van der Waals surface area contributed by atoms with E-state index in [0.29, 0.717) is 17.8 Å². The zero-order valence-corrected chi connectivity index (χ0v) is 12.8. The molecular weight excluding hydrogens is 232 g/mol. The highest BCUT2D eigenvalue weighted by Gasteiger charge is 2.35. The van der Waals surface area contributed by atoms with E-state index < -0.39 is 5.60 Å². The van der Waals surface area contributed by atoms with Crippen LogP contribution in [-0.2, 0) is 6.42 Å². The zero-order chi connectivity index (χ0) is 14.0. The molecule has 2 unspecified atom stereocenters. The molecular formula is C18H28O. The molecule has 1 aliphatic carbocycles. The average molecular weight is 260 g/mol. The smallest absolute Gasteiger partial charge is 0.0693 e. The van der Waals surface area contributed by atoms with E-state index in [1.807, 2.05) is 0 Å². The van der Waals surface area contributed by atoms with Crippen molar-refractivity contribution in [3.63, 3.8) is 0 Å². The van der Waals surface area contributed by atoms with Crippen LogP contribution in [0.15, 0.2) is 24.3 Å². The van der Waals surface area contributed by atoms with Crippen molar-refractivity contribution in [2.45, 2.75) is 64.9 Å². The van der Waals surface area contributed by atoms with E-state index in [9.17, 15) is 5.11 Å². The molecule has 0 aliphatic heterocycles. The van der Waals surface area contributed by atoms with Crippen molar-refractivity contribution < 1.29 is 5.11 Å². The van der Waals surface area contributed by atoms with Gasteiger partial charge in [-0.2, -0.15) is 0 Å². The molecule has 0 saturated heterocycles. The predicted octanol–water partition coefficient (Wildman–Crippen LogP) is 4.54. The maximum absolute atomic E-state index is 10.8. The lowest BCUT2D eigenvalue weighted by molar-refractivity contribution is -0.0304. The van der Waals surface area contributed by atoms with Crippen LogP contribution in [0, 0.1) is 11.8 Å². The Labute approximate surface area is 118 Å². The normalized spacial score (nSPS) is 31.7. The molecule has 0 amide bonds. The minimum Gasteiger partial charge on any atom is -0.390 e. The van der Waals surface area contributed by atoms with Gasteiger partial charge in [0, 0.05) is 6.42 Å². The first kappa shape index (κ1) is 14.6. The van der Waals surface area contributed by atoms with E-state index in [0.717, 1.165) is 19.3 Å². The van der Waals surface area contributed by atoms with Crippen LogP contribution >= 0.6 is 0 Å². The highest BCUT2D eigenvalue weighted by atomic mass is 16.3. The summed E-state index contributed by atoms with van der Waals surface area (Å²) < 4.78 is 0. The number of hydrogen-bond donors (Lipinski definition) is 1. The van der Waals surface area contributed by atoms with Crippen molar-refractivity contribution in [1.82, 2.24) is 0 Å². The number of benzene rings is 1. The van der Waals surface area contributed by atoms with E-state index in [-0.39, 0.29) is 0 Å². The van der Waals surface area contributed by atoms with Crippen LogP contribution in [0.2, 0.25) is 0 Å². The average Bonchev–Trinajstić information content (AvgIpc) is 2.26. The van der Waals surface area contributed by atoms with Crippen LogP contribution in [0.1, 0.15) is 64.0 Å². The van der Waals surface area contributed by atoms with Gasteiger partial charge in [0.1, 0.15) is 0 Å². The van der Waals surface area contributed by atoms with Gasteiger partial charge in [0.05, 0.1) is 5.60 Å². The van der Waals surface area contributed by atoms with Crippen molar-refractivity contribution in [3.8, 4) is 0 Å². The maximum atomic E-state index is 10.8. The van der Waals surface area contributed by atoms with E-state index in [1.54, 1.807) is 0 Å². The van der Waals surface area contributed by atoms with Gasteiger partial charge in [0.15, 0.2) is 0 Å². The molecule has 0 bridgehead atoms. The summed E-state index contributed by atoms with van der Waals surface area (Å²) >= 11 is 0. The highest BCUT2D eigenvalue weighted by molar-refractivity contribution is 5.26. The first-order valence-corrected chi connectivity index (χ1v) is 7.69. The van der Waals surface area contributed by atoms with Crippen molar-refractivity contribution in [3.05, 3.63) is 35.4 Å². The highest BCUT2D eigenvalue weighted by Crippen LogP contribution is 2.38. The fourth-order valence-corrected chi connectivity index (χ4v) is 3.78. The Balaban J connectivity index is 2.07. The van der Waals surface area contributed by atoms with Gasteiger partial charge < -0.3 is 5.11 Å². The lowest BCUT2D eigenvalue weighted by Crippen LogP contribution is -2.39. The largest absolute Gasteiger partial charge is 0.390 e. The fourth-order valence-electron chi connectivity index (χ4n) is 3.78. The van der Waals surface area contributed by atoms with Crippen LogP contribution in [-0.4, -0.2) is 10.7 Å². The first-order valence-electron chi connectivity index (χ1n) is 7.69. The predicted molar refractivity (Wildman–Crippen MR) is 81.4 cm³/mol. The Morgan fingerprint density at radius 2 is 1.63 bits per heavy atom. The molecule has 0 spiro atoms. The summed E-state index contributed by atoms with van der Waals surface area (Å²) in [4.78, 5) is 0. The lowest BCUT2D eigenvalue weighted by Gasteiger charge is -2.39. The summed E-state index contributed by atoms with van der Waals surface area (Å²) in [6, 6.07) is 8.80. The Hall–Kier alpha value is -0.820. The SMILES string of the molecule is CC1CC(C)CC(O)(Cc2ccc(C(C)C)cc2)C1. The van der Waals surface area contributed by atoms with E-state index in [2.05, 4.69) is 52.0 Å². The second-order valence-electron chi connectivity index (χ2n) is 7.15. The van der Waals surface area contributed by atoms with Crippen molar-refractivity contribution in [2.24, 2.45) is 11.8 Å². The second-order valence-corrected chi connectivity index (χ2v) is 7.15. The minimum absolute atomic E-state index is 0.490. The number of hydrogen-bond acceptors (Lipinski definition) is 1. The molecule has 19 heavy (non-hydrogen) atoms. The Kier molecular flexibility index (Phi) is 4.35. The molecule has 0 aromatic heterocycles. The summed E-state index contributed by atoms with van der Waals surface area (Å²) in [6.07, 6.45) is 3.96. The summed E-state index contributed by atoms with van der Waals surface area (Å²) in [5.41, 5.74) is 2.16. The van der Waals surface area contributed by atoms with Gasteiger partial charge in [0.2, 0.25) is 0 Å². The molecule has 106 valence electrons. The fraction of sp³-hybridized carbons (Fsp3) is 0.667. The summed E-state index contributed by atoms with van der Waals surface area (Å²) in [5, 5.41) is 10.8. The van der Waals surface area contributed by atoms with Crippen LogP contribution in [0.4, 0.5) is 0 Å². The Morgan fingerprint density at radius 1 is 1.11 bits per heavy atom. The summed E-state index contributed by atoms with van der Waals surface area (Å²) in [7, 11) is 0. The van der Waals surface area contributed by atoms with Gasteiger partial charge in [-0.3, -0.25) is 0 Å². The molecule has 2 rings (SSSR count). The third kappa shape index (κ3) is 3.82. The van der Waals surface area contributed by atoms with Crippen LogP contribution < -0.4 is 0 Å². The van der Waals surface area contributed by atoms with Crippen LogP contribution in [0.3, 0.4) is 0 Å². The van der Waals surface area contributed by atoms with Gasteiger partial charge in [0.25, 0.3) is 0 Å². The van der Waals surface area contributed by atoms with Crippen LogP contribution in [0.5, 0.6) is 0 Å². The van der Waals surface area contributed by atoms with Gasteiger partial charge >= 0.3 is 0 Å². The standard InChI is InChI=1S/C18H28O/c1-13(2)17-7-5-16(6-8-17)12-18(19)10-14(3)9-15(4)11-18/h5-8,13-15,19H,9-12H2,1-4H3. The van der Waals surface area contributed by atoms with Crippen LogP contribution in [0.25, 0.3) is 0 Å². The molecule has 1 aromatic rings. The third-order valence-electron chi connectivity index (χ3n) is 4.44. The summed E-state index contributed by atoms with van der Waals surface area (Å²) in [6.45, 7) is 8.96. The molecule has 1 nitrogen and oxygen atoms in total. The molecule has 1 aliphatic rings. The molecule has 0 heterocycles. The molecule has 0 radical (unpaired) electrons. The maximum Gasteiger partial charge on any atom is 0.0693 e. The molecule has 1 fully saturated rings. The third-order valence-corrected chi connectivity index (χ3v) is 4.44. The molecule has 2 atom stereocenters. The monoisotopic (exact) mass is 260 g/mol. The lowest BCUT2D eigenvalue weighted by atomic mass is 9.71. The molecule has 1 aromatic carbocycles. The minimum atomic E-state index is -0.490. The second kappa shape index (κ2) is 5.66. The molecule has 1 N–H and O–H groups in total. The Bertz CT molecular complexity index is 394. The van der Waals surface area contributed by atoms with Crippen molar-refractivity contribution >= 4 is 0 Å². The Morgan fingerprint density at radius 3 is 2.11 bits per heavy atom. The zero-order valence-electron chi connectivity index (χ0n) is 12.8. The summed E-state index contributed by atoms with van der Waals surface area (Å²) in [5.74, 6) is 1.86. The quantitative estimate of drug-likeness (QED) is 0.846. The van der Waals surface area contributed by atoms with Gasteiger partial charge in [-0.15, -0.1) is 0 Å². The van der Waals surface area contributed by atoms with Gasteiger partial charge in [-0.05, 0) is 48.1 Å².